The zero-order chi connectivity index (χ0) is 25.8. The number of ether oxygens (including phenoxy) is 1. The standard InChI is InChI=1S/C28H31ClFN3O2/c1-17-14-19(6-12-24(17)29)26(18(2)32-27(34)28(3,4)5)35-23-11-13-25(20(15-23)16-31)33-22-9-7-21(30)8-10-22/h6-16,18,26,31,33H,1-5H3,(H,32,34)/t18-,26-/m0/s1. The van der Waals surface area contributed by atoms with E-state index < -0.39 is 11.5 Å². The summed E-state index contributed by atoms with van der Waals surface area (Å²) in [6.07, 6.45) is 0.733. The summed E-state index contributed by atoms with van der Waals surface area (Å²) >= 11 is 6.24. The molecule has 184 valence electrons. The number of anilines is 2. The van der Waals surface area contributed by atoms with Gasteiger partial charge < -0.3 is 20.8 Å². The highest BCUT2D eigenvalue weighted by atomic mass is 35.5. The van der Waals surface area contributed by atoms with Gasteiger partial charge in [-0.2, -0.15) is 0 Å². The van der Waals surface area contributed by atoms with Gasteiger partial charge in [-0.05, 0) is 73.5 Å². The Bertz CT molecular complexity index is 1210. The summed E-state index contributed by atoms with van der Waals surface area (Å²) in [5.41, 5.74) is 3.23. The van der Waals surface area contributed by atoms with Crippen molar-refractivity contribution in [2.75, 3.05) is 5.32 Å². The monoisotopic (exact) mass is 495 g/mol. The number of carbonyl (C=O) groups excluding carboxylic acids is 1. The third-order valence-corrected chi connectivity index (χ3v) is 5.99. The smallest absolute Gasteiger partial charge is 0.225 e. The Morgan fingerprint density at radius 1 is 1.09 bits per heavy atom. The van der Waals surface area contributed by atoms with E-state index in [0.717, 1.165) is 11.1 Å². The third kappa shape index (κ3) is 6.83. The third-order valence-electron chi connectivity index (χ3n) is 5.57. The zero-order valence-electron chi connectivity index (χ0n) is 20.6. The first-order valence-electron chi connectivity index (χ1n) is 11.4. The normalized spacial score (nSPS) is 13.0. The molecule has 0 aromatic heterocycles. The molecule has 0 unspecified atom stereocenters. The van der Waals surface area contributed by atoms with Crippen LogP contribution >= 0.6 is 11.6 Å². The van der Waals surface area contributed by atoms with E-state index in [-0.39, 0.29) is 17.8 Å². The van der Waals surface area contributed by atoms with Crippen LogP contribution in [0.4, 0.5) is 15.8 Å². The van der Waals surface area contributed by atoms with Crippen LogP contribution in [0.25, 0.3) is 0 Å². The maximum absolute atomic E-state index is 13.2. The molecule has 0 aliphatic carbocycles. The molecule has 3 aromatic carbocycles. The van der Waals surface area contributed by atoms with Gasteiger partial charge in [-0.15, -0.1) is 0 Å². The van der Waals surface area contributed by atoms with Gasteiger partial charge >= 0.3 is 0 Å². The first-order chi connectivity index (χ1) is 16.5. The number of nitrogens with one attached hydrogen (secondary N) is 3. The van der Waals surface area contributed by atoms with Crippen molar-refractivity contribution in [2.24, 2.45) is 5.41 Å². The summed E-state index contributed by atoms with van der Waals surface area (Å²) in [5, 5.41) is 14.8. The summed E-state index contributed by atoms with van der Waals surface area (Å²) in [6.45, 7) is 9.41. The molecular formula is C28H31ClFN3O2. The zero-order valence-corrected chi connectivity index (χ0v) is 21.3. The number of hydrogen-bond acceptors (Lipinski definition) is 4. The number of amides is 1. The van der Waals surface area contributed by atoms with Gasteiger partial charge in [-0.3, -0.25) is 4.79 Å². The van der Waals surface area contributed by atoms with Gasteiger partial charge in [0.2, 0.25) is 5.91 Å². The van der Waals surface area contributed by atoms with Gasteiger partial charge in [0.1, 0.15) is 17.7 Å². The van der Waals surface area contributed by atoms with Gasteiger partial charge in [-0.25, -0.2) is 4.39 Å². The Kier molecular flexibility index (Phi) is 8.18. The van der Waals surface area contributed by atoms with Crippen LogP contribution in [0.15, 0.2) is 60.7 Å². The van der Waals surface area contributed by atoms with Crippen molar-refractivity contribution in [1.82, 2.24) is 5.32 Å². The summed E-state index contributed by atoms with van der Waals surface area (Å²) in [5.74, 6) is 0.147. The summed E-state index contributed by atoms with van der Waals surface area (Å²) in [6, 6.07) is 16.7. The fourth-order valence-electron chi connectivity index (χ4n) is 3.49. The largest absolute Gasteiger partial charge is 0.484 e. The molecule has 0 saturated carbocycles. The lowest BCUT2D eigenvalue weighted by atomic mass is 9.94. The van der Waals surface area contributed by atoms with Gasteiger partial charge in [0, 0.05) is 33.6 Å². The van der Waals surface area contributed by atoms with Crippen molar-refractivity contribution in [3.05, 3.63) is 88.2 Å². The van der Waals surface area contributed by atoms with Crippen LogP contribution in [-0.2, 0) is 4.79 Å². The van der Waals surface area contributed by atoms with Crippen molar-refractivity contribution in [3.8, 4) is 5.75 Å². The summed E-state index contributed by atoms with van der Waals surface area (Å²) in [4.78, 5) is 12.7. The van der Waals surface area contributed by atoms with E-state index in [1.165, 1.54) is 18.3 Å². The number of aryl methyl sites for hydroxylation is 1. The Morgan fingerprint density at radius 3 is 2.37 bits per heavy atom. The van der Waals surface area contributed by atoms with Crippen molar-refractivity contribution < 1.29 is 13.9 Å². The van der Waals surface area contributed by atoms with Crippen LogP contribution in [-0.4, -0.2) is 18.2 Å². The number of rotatable bonds is 8. The molecule has 7 heteroatoms. The summed E-state index contributed by atoms with van der Waals surface area (Å²) in [7, 11) is 0. The van der Waals surface area contributed by atoms with Crippen molar-refractivity contribution in [2.45, 2.75) is 46.8 Å². The Balaban J connectivity index is 1.90. The lowest BCUT2D eigenvalue weighted by Crippen LogP contribution is -2.44. The fraction of sp³-hybridized carbons (Fsp3) is 0.286. The molecule has 0 saturated heterocycles. The molecule has 0 fully saturated rings. The highest BCUT2D eigenvalue weighted by Gasteiger charge is 2.28. The Hall–Kier alpha value is -3.38. The predicted octanol–water partition coefficient (Wildman–Crippen LogP) is 7.20. The van der Waals surface area contributed by atoms with Crippen LogP contribution < -0.4 is 15.4 Å². The minimum absolute atomic E-state index is 0.0803. The minimum atomic E-state index is -0.546. The minimum Gasteiger partial charge on any atom is -0.484 e. The van der Waals surface area contributed by atoms with Crippen molar-refractivity contribution in [1.29, 1.82) is 5.41 Å². The molecule has 35 heavy (non-hydrogen) atoms. The second kappa shape index (κ2) is 10.9. The predicted molar refractivity (Wildman–Crippen MR) is 141 cm³/mol. The molecule has 0 aliphatic heterocycles. The average Bonchev–Trinajstić information content (AvgIpc) is 2.80. The molecule has 0 heterocycles. The van der Waals surface area contributed by atoms with Gasteiger partial charge in [-0.1, -0.05) is 44.5 Å². The van der Waals surface area contributed by atoms with Crippen LogP contribution in [0.2, 0.25) is 5.02 Å². The molecule has 3 N–H and O–H groups in total. The highest BCUT2D eigenvalue weighted by Crippen LogP contribution is 2.31. The lowest BCUT2D eigenvalue weighted by Gasteiger charge is -2.29. The maximum Gasteiger partial charge on any atom is 0.225 e. The van der Waals surface area contributed by atoms with Crippen LogP contribution in [0.3, 0.4) is 0 Å². The second-order valence-electron chi connectivity index (χ2n) is 9.58. The number of benzene rings is 3. The van der Waals surface area contributed by atoms with Gasteiger partial charge in [0.05, 0.1) is 6.04 Å². The number of hydrogen-bond donors (Lipinski definition) is 3. The number of carbonyl (C=O) groups is 1. The Labute approximate surface area is 211 Å². The van der Waals surface area contributed by atoms with E-state index >= 15 is 0 Å². The van der Waals surface area contributed by atoms with E-state index in [2.05, 4.69) is 10.6 Å². The van der Waals surface area contributed by atoms with E-state index in [4.69, 9.17) is 21.7 Å². The van der Waals surface area contributed by atoms with Crippen molar-refractivity contribution >= 4 is 35.1 Å². The van der Waals surface area contributed by atoms with Crippen LogP contribution in [0.1, 0.15) is 50.5 Å². The maximum atomic E-state index is 13.2. The quantitative estimate of drug-likeness (QED) is 0.289. The molecule has 2 atom stereocenters. The summed E-state index contributed by atoms with van der Waals surface area (Å²) < 4.78 is 19.6. The Morgan fingerprint density at radius 2 is 1.77 bits per heavy atom. The van der Waals surface area contributed by atoms with Gasteiger partial charge in [0.25, 0.3) is 0 Å². The first-order valence-corrected chi connectivity index (χ1v) is 11.8. The molecule has 0 spiro atoms. The fourth-order valence-corrected chi connectivity index (χ4v) is 3.60. The molecule has 0 bridgehead atoms. The van der Waals surface area contributed by atoms with E-state index in [1.807, 2.05) is 58.9 Å². The van der Waals surface area contributed by atoms with Gasteiger partial charge in [0.15, 0.2) is 0 Å². The van der Waals surface area contributed by atoms with Crippen molar-refractivity contribution in [3.63, 3.8) is 0 Å². The SMILES string of the molecule is Cc1cc([C@@H](Oc2ccc(Nc3ccc(F)cc3)c(C=N)c2)[C@H](C)NC(=O)C(C)(C)C)ccc1Cl. The van der Waals surface area contributed by atoms with E-state index in [0.29, 0.717) is 27.7 Å². The number of halogens is 2. The molecule has 1 amide bonds. The average molecular weight is 496 g/mol. The molecule has 5 nitrogen and oxygen atoms in total. The van der Waals surface area contributed by atoms with E-state index in [9.17, 15) is 9.18 Å². The molecular weight excluding hydrogens is 465 g/mol. The molecule has 0 radical (unpaired) electrons. The molecule has 0 aliphatic rings. The molecule has 3 rings (SSSR count). The topological polar surface area (TPSA) is 74.2 Å². The molecule has 3 aromatic rings. The van der Waals surface area contributed by atoms with Crippen LogP contribution in [0, 0.1) is 23.6 Å². The highest BCUT2D eigenvalue weighted by molar-refractivity contribution is 6.31. The van der Waals surface area contributed by atoms with E-state index in [1.54, 1.807) is 24.3 Å². The first kappa shape index (κ1) is 26.2. The second-order valence-corrected chi connectivity index (χ2v) is 9.99. The van der Waals surface area contributed by atoms with Crippen LogP contribution in [0.5, 0.6) is 5.75 Å². The lowest BCUT2D eigenvalue weighted by molar-refractivity contribution is -0.129.